The van der Waals surface area contributed by atoms with Gasteiger partial charge in [0.1, 0.15) is 18.0 Å². The standard InChI is InChI=1S/C22H27N3O6/c1-15-6-5-7-17(8-15)24-22(28)23-12-20(26)25(14-21(27)31-4)13-16-9-18(29-2)11-19(10-16)30-3/h5-11H,12-14H2,1-4H3,(H2,23,24,28). The van der Waals surface area contributed by atoms with Crippen LogP contribution >= 0.6 is 0 Å². The molecule has 0 aliphatic carbocycles. The van der Waals surface area contributed by atoms with Gasteiger partial charge in [0.2, 0.25) is 5.91 Å². The lowest BCUT2D eigenvalue weighted by molar-refractivity contribution is -0.147. The third kappa shape index (κ3) is 7.54. The molecule has 2 rings (SSSR count). The molecule has 0 bridgehead atoms. The van der Waals surface area contributed by atoms with Gasteiger partial charge in [-0.15, -0.1) is 0 Å². The van der Waals surface area contributed by atoms with Crippen LogP contribution in [0.4, 0.5) is 10.5 Å². The first-order valence-corrected chi connectivity index (χ1v) is 9.52. The zero-order valence-electron chi connectivity index (χ0n) is 18.1. The summed E-state index contributed by atoms with van der Waals surface area (Å²) >= 11 is 0. The van der Waals surface area contributed by atoms with E-state index in [4.69, 9.17) is 14.2 Å². The number of methoxy groups -OCH3 is 3. The molecule has 2 N–H and O–H groups in total. The predicted octanol–water partition coefficient (Wildman–Crippen LogP) is 2.34. The summed E-state index contributed by atoms with van der Waals surface area (Å²) in [7, 11) is 4.28. The fraction of sp³-hybridized carbons (Fsp3) is 0.318. The largest absolute Gasteiger partial charge is 0.497 e. The average Bonchev–Trinajstić information content (AvgIpc) is 2.76. The molecular weight excluding hydrogens is 402 g/mol. The van der Waals surface area contributed by atoms with Crippen molar-refractivity contribution in [1.29, 1.82) is 0 Å². The van der Waals surface area contributed by atoms with Gasteiger partial charge in [-0.2, -0.15) is 0 Å². The van der Waals surface area contributed by atoms with Gasteiger partial charge in [-0.05, 0) is 42.3 Å². The van der Waals surface area contributed by atoms with Crippen LogP contribution in [0.5, 0.6) is 11.5 Å². The Morgan fingerprint density at radius 3 is 2.23 bits per heavy atom. The van der Waals surface area contributed by atoms with Crippen molar-refractivity contribution in [3.63, 3.8) is 0 Å². The number of nitrogens with one attached hydrogen (secondary N) is 2. The number of hydrogen-bond donors (Lipinski definition) is 2. The summed E-state index contributed by atoms with van der Waals surface area (Å²) in [6.07, 6.45) is 0. The number of ether oxygens (including phenoxy) is 3. The molecule has 2 aromatic carbocycles. The third-order valence-corrected chi connectivity index (χ3v) is 4.36. The Morgan fingerprint density at radius 2 is 1.65 bits per heavy atom. The van der Waals surface area contributed by atoms with Crippen molar-refractivity contribution in [2.75, 3.05) is 39.7 Å². The number of benzene rings is 2. The molecule has 31 heavy (non-hydrogen) atoms. The minimum absolute atomic E-state index is 0.0999. The second-order valence-electron chi connectivity index (χ2n) is 6.72. The van der Waals surface area contributed by atoms with E-state index in [0.717, 1.165) is 5.56 Å². The zero-order valence-corrected chi connectivity index (χ0v) is 18.1. The molecule has 166 valence electrons. The molecule has 0 aliphatic heterocycles. The lowest BCUT2D eigenvalue weighted by Crippen LogP contribution is -2.43. The minimum Gasteiger partial charge on any atom is -0.497 e. The van der Waals surface area contributed by atoms with Crippen LogP contribution in [-0.4, -0.2) is 57.2 Å². The maximum absolute atomic E-state index is 12.7. The van der Waals surface area contributed by atoms with E-state index in [1.54, 1.807) is 30.3 Å². The molecule has 0 fully saturated rings. The number of urea groups is 1. The highest BCUT2D eigenvalue weighted by atomic mass is 16.5. The Morgan fingerprint density at radius 1 is 0.968 bits per heavy atom. The molecule has 0 spiro atoms. The van der Waals surface area contributed by atoms with Crippen LogP contribution in [0.2, 0.25) is 0 Å². The van der Waals surface area contributed by atoms with Crippen molar-refractivity contribution in [3.05, 3.63) is 53.6 Å². The summed E-state index contributed by atoms with van der Waals surface area (Å²) in [5.41, 5.74) is 2.30. The summed E-state index contributed by atoms with van der Waals surface area (Å²) in [5.74, 6) is 0.0740. The number of nitrogens with zero attached hydrogens (tertiary/aromatic N) is 1. The average molecular weight is 429 g/mol. The number of hydrogen-bond acceptors (Lipinski definition) is 6. The number of esters is 1. The maximum Gasteiger partial charge on any atom is 0.325 e. The van der Waals surface area contributed by atoms with Gasteiger partial charge in [0, 0.05) is 18.3 Å². The molecule has 0 saturated carbocycles. The van der Waals surface area contributed by atoms with Crippen LogP contribution in [0, 0.1) is 6.92 Å². The van der Waals surface area contributed by atoms with E-state index in [2.05, 4.69) is 10.6 Å². The lowest BCUT2D eigenvalue weighted by atomic mass is 10.2. The number of carbonyl (C=O) groups is 3. The van der Waals surface area contributed by atoms with E-state index in [1.165, 1.54) is 26.2 Å². The first-order chi connectivity index (χ1) is 14.8. The summed E-state index contributed by atoms with van der Waals surface area (Å²) in [4.78, 5) is 38.0. The van der Waals surface area contributed by atoms with Gasteiger partial charge >= 0.3 is 12.0 Å². The second kappa shape index (κ2) is 11.4. The molecule has 9 heteroatoms. The lowest BCUT2D eigenvalue weighted by Gasteiger charge is -2.22. The third-order valence-electron chi connectivity index (χ3n) is 4.36. The highest BCUT2D eigenvalue weighted by Gasteiger charge is 2.19. The fourth-order valence-corrected chi connectivity index (χ4v) is 2.80. The van der Waals surface area contributed by atoms with Crippen molar-refractivity contribution in [2.24, 2.45) is 0 Å². The summed E-state index contributed by atoms with van der Waals surface area (Å²) < 4.78 is 15.2. The highest BCUT2D eigenvalue weighted by Crippen LogP contribution is 2.23. The predicted molar refractivity (Wildman–Crippen MR) is 115 cm³/mol. The summed E-state index contributed by atoms with van der Waals surface area (Å²) in [6.45, 7) is 1.44. The number of anilines is 1. The molecule has 0 saturated heterocycles. The quantitative estimate of drug-likeness (QED) is 0.593. The molecule has 9 nitrogen and oxygen atoms in total. The molecule has 0 unspecified atom stereocenters. The normalized spacial score (nSPS) is 10.1. The van der Waals surface area contributed by atoms with Crippen LogP contribution in [0.15, 0.2) is 42.5 Å². The van der Waals surface area contributed by atoms with E-state index in [-0.39, 0.29) is 19.6 Å². The molecule has 0 atom stereocenters. The molecule has 2 aromatic rings. The maximum atomic E-state index is 12.7. The molecule has 3 amide bonds. The monoisotopic (exact) mass is 429 g/mol. The van der Waals surface area contributed by atoms with Crippen LogP contribution in [-0.2, 0) is 20.9 Å². The van der Waals surface area contributed by atoms with Crippen molar-refractivity contribution < 1.29 is 28.6 Å². The Balaban J connectivity index is 2.05. The van der Waals surface area contributed by atoms with Crippen LogP contribution in [0.25, 0.3) is 0 Å². The second-order valence-corrected chi connectivity index (χ2v) is 6.72. The van der Waals surface area contributed by atoms with Gasteiger partial charge in [0.25, 0.3) is 0 Å². The minimum atomic E-state index is -0.576. The van der Waals surface area contributed by atoms with Crippen molar-refractivity contribution in [1.82, 2.24) is 10.2 Å². The number of aryl methyl sites for hydroxylation is 1. The van der Waals surface area contributed by atoms with Crippen LogP contribution in [0.1, 0.15) is 11.1 Å². The number of rotatable bonds is 9. The number of amides is 3. The summed E-state index contributed by atoms with van der Waals surface area (Å²) in [5, 5.41) is 5.17. The Bertz CT molecular complexity index is 909. The molecule has 0 aromatic heterocycles. The van der Waals surface area contributed by atoms with E-state index >= 15 is 0 Å². The summed E-state index contributed by atoms with van der Waals surface area (Å²) in [6, 6.07) is 11.9. The molecular formula is C22H27N3O6. The van der Waals surface area contributed by atoms with Crippen molar-refractivity contribution in [2.45, 2.75) is 13.5 Å². The van der Waals surface area contributed by atoms with Gasteiger partial charge < -0.3 is 29.7 Å². The zero-order chi connectivity index (χ0) is 22.8. The van der Waals surface area contributed by atoms with Gasteiger partial charge in [-0.1, -0.05) is 12.1 Å². The highest BCUT2D eigenvalue weighted by molar-refractivity contribution is 5.92. The van der Waals surface area contributed by atoms with Crippen LogP contribution < -0.4 is 20.1 Å². The van der Waals surface area contributed by atoms with Gasteiger partial charge in [-0.3, -0.25) is 9.59 Å². The van der Waals surface area contributed by atoms with Crippen LogP contribution in [0.3, 0.4) is 0 Å². The SMILES string of the molecule is COC(=O)CN(Cc1cc(OC)cc(OC)c1)C(=O)CNC(=O)Nc1cccc(C)c1. The molecule has 0 aliphatic rings. The Hall–Kier alpha value is -3.75. The molecule has 0 radical (unpaired) electrons. The van der Waals surface area contributed by atoms with Crippen molar-refractivity contribution >= 4 is 23.6 Å². The van der Waals surface area contributed by atoms with E-state index in [1.807, 2.05) is 19.1 Å². The van der Waals surface area contributed by atoms with Crippen molar-refractivity contribution in [3.8, 4) is 11.5 Å². The smallest absolute Gasteiger partial charge is 0.325 e. The van der Waals surface area contributed by atoms with Gasteiger partial charge in [-0.25, -0.2) is 4.79 Å². The first-order valence-electron chi connectivity index (χ1n) is 9.52. The first kappa shape index (κ1) is 23.5. The van der Waals surface area contributed by atoms with Gasteiger partial charge in [0.15, 0.2) is 0 Å². The Labute approximate surface area is 181 Å². The number of carbonyl (C=O) groups excluding carboxylic acids is 3. The fourth-order valence-electron chi connectivity index (χ4n) is 2.80. The van der Waals surface area contributed by atoms with E-state index in [0.29, 0.717) is 22.7 Å². The topological polar surface area (TPSA) is 106 Å². The molecule has 0 heterocycles. The Kier molecular flexibility index (Phi) is 8.68. The van der Waals surface area contributed by atoms with E-state index in [9.17, 15) is 14.4 Å². The van der Waals surface area contributed by atoms with E-state index < -0.39 is 17.9 Å². The van der Waals surface area contributed by atoms with Gasteiger partial charge in [0.05, 0.1) is 27.9 Å².